The number of amides is 2. The smallest absolute Gasteiger partial charge is 0.261 e. The number of para-hydroxylation sites is 1. The summed E-state index contributed by atoms with van der Waals surface area (Å²) in [7, 11) is 0. The lowest BCUT2D eigenvalue weighted by molar-refractivity contribution is -0.131. The van der Waals surface area contributed by atoms with Crippen molar-refractivity contribution < 1.29 is 9.59 Å². The van der Waals surface area contributed by atoms with Gasteiger partial charge in [0.25, 0.3) is 5.91 Å². The van der Waals surface area contributed by atoms with Crippen LogP contribution in [0.5, 0.6) is 0 Å². The fourth-order valence-corrected chi connectivity index (χ4v) is 4.10. The van der Waals surface area contributed by atoms with E-state index in [1.165, 1.54) is 17.0 Å². The molecule has 0 aliphatic carbocycles. The third-order valence-electron chi connectivity index (χ3n) is 4.71. The van der Waals surface area contributed by atoms with Crippen LogP contribution in [0.25, 0.3) is 0 Å². The molecule has 0 bridgehead atoms. The first-order chi connectivity index (χ1) is 12.7. The summed E-state index contributed by atoms with van der Waals surface area (Å²) in [6, 6.07) is 12.3. The van der Waals surface area contributed by atoms with Crippen LogP contribution in [-0.4, -0.2) is 49.4 Å². The number of piperazine rings is 1. The summed E-state index contributed by atoms with van der Waals surface area (Å²) < 4.78 is 0. The normalized spacial score (nSPS) is 14.3. The molecule has 6 heteroatoms. The minimum Gasteiger partial charge on any atom is -0.368 e. The van der Waals surface area contributed by atoms with Gasteiger partial charge in [-0.3, -0.25) is 9.59 Å². The van der Waals surface area contributed by atoms with Gasteiger partial charge in [-0.1, -0.05) is 25.1 Å². The second-order valence-electron chi connectivity index (χ2n) is 6.34. The summed E-state index contributed by atoms with van der Waals surface area (Å²) in [6.07, 6.45) is 1.20. The van der Waals surface area contributed by atoms with Crippen LogP contribution in [0.3, 0.4) is 0 Å². The molecule has 0 atom stereocenters. The second-order valence-corrected chi connectivity index (χ2v) is 7.25. The number of aryl methyl sites for hydroxylation is 1. The lowest BCUT2D eigenvalue weighted by Crippen LogP contribution is -2.49. The van der Waals surface area contributed by atoms with E-state index < -0.39 is 0 Å². The number of benzene rings is 1. The van der Waals surface area contributed by atoms with Gasteiger partial charge in [0.1, 0.15) is 0 Å². The quantitative estimate of drug-likeness (QED) is 0.850. The van der Waals surface area contributed by atoms with Crippen molar-refractivity contribution in [3.05, 3.63) is 52.2 Å². The van der Waals surface area contributed by atoms with E-state index in [9.17, 15) is 9.59 Å². The molecule has 1 aliphatic heterocycles. The Morgan fingerprint density at radius 3 is 2.50 bits per heavy atom. The van der Waals surface area contributed by atoms with E-state index in [2.05, 4.69) is 22.3 Å². The van der Waals surface area contributed by atoms with Crippen LogP contribution >= 0.6 is 11.3 Å². The van der Waals surface area contributed by atoms with Gasteiger partial charge in [-0.25, -0.2) is 0 Å². The molecule has 1 aliphatic rings. The van der Waals surface area contributed by atoms with Gasteiger partial charge in [0.05, 0.1) is 4.88 Å². The molecule has 2 amide bonds. The van der Waals surface area contributed by atoms with Gasteiger partial charge in [-0.05, 0) is 35.6 Å². The van der Waals surface area contributed by atoms with Crippen molar-refractivity contribution in [2.75, 3.05) is 37.6 Å². The number of nitrogens with one attached hydrogen (secondary N) is 1. The number of hydrogen-bond donors (Lipinski definition) is 1. The molecule has 2 heterocycles. The largest absolute Gasteiger partial charge is 0.368 e. The van der Waals surface area contributed by atoms with Crippen LogP contribution in [0.15, 0.2) is 41.8 Å². The first-order valence-corrected chi connectivity index (χ1v) is 9.99. The van der Waals surface area contributed by atoms with E-state index in [4.69, 9.17) is 0 Å². The van der Waals surface area contributed by atoms with Gasteiger partial charge in [0.15, 0.2) is 0 Å². The minimum atomic E-state index is -0.0708. The van der Waals surface area contributed by atoms with Crippen molar-refractivity contribution in [3.63, 3.8) is 0 Å². The van der Waals surface area contributed by atoms with Gasteiger partial charge in [-0.15, -0.1) is 11.3 Å². The van der Waals surface area contributed by atoms with Crippen molar-refractivity contribution in [2.24, 2.45) is 0 Å². The topological polar surface area (TPSA) is 52.7 Å². The first kappa shape index (κ1) is 18.5. The van der Waals surface area contributed by atoms with Crippen LogP contribution in [-0.2, 0) is 11.2 Å². The zero-order valence-electron chi connectivity index (χ0n) is 15.1. The van der Waals surface area contributed by atoms with E-state index in [1.54, 1.807) is 0 Å². The molecule has 0 unspecified atom stereocenters. The maximum absolute atomic E-state index is 12.4. The molecule has 1 N–H and O–H groups in total. The fourth-order valence-electron chi connectivity index (χ4n) is 3.19. The Morgan fingerprint density at radius 1 is 1.08 bits per heavy atom. The number of carbonyl (C=O) groups is 2. The Hall–Kier alpha value is -2.34. The van der Waals surface area contributed by atoms with Crippen LogP contribution in [0, 0.1) is 0 Å². The van der Waals surface area contributed by atoms with E-state index >= 15 is 0 Å². The van der Waals surface area contributed by atoms with Gasteiger partial charge in [0.2, 0.25) is 5.91 Å². The van der Waals surface area contributed by atoms with E-state index in [0.29, 0.717) is 13.0 Å². The molecule has 1 saturated heterocycles. The lowest BCUT2D eigenvalue weighted by atomic mass is 10.2. The molecule has 0 spiro atoms. The average Bonchev–Trinajstić information content (AvgIpc) is 3.17. The highest BCUT2D eigenvalue weighted by Crippen LogP contribution is 2.17. The van der Waals surface area contributed by atoms with Crippen LogP contribution in [0.1, 0.15) is 28.6 Å². The summed E-state index contributed by atoms with van der Waals surface area (Å²) in [4.78, 5) is 29.6. The average molecular weight is 372 g/mol. The molecule has 0 saturated carbocycles. The molecular weight excluding hydrogens is 346 g/mol. The zero-order chi connectivity index (χ0) is 18.4. The number of hydrogen-bond acceptors (Lipinski definition) is 4. The van der Waals surface area contributed by atoms with Crippen LogP contribution < -0.4 is 10.2 Å². The summed E-state index contributed by atoms with van der Waals surface area (Å²) in [6.45, 7) is 5.57. The second kappa shape index (κ2) is 8.85. The van der Waals surface area contributed by atoms with Gasteiger partial charge < -0.3 is 15.1 Å². The highest BCUT2D eigenvalue weighted by molar-refractivity contribution is 7.12. The highest BCUT2D eigenvalue weighted by Gasteiger charge is 2.21. The Kier molecular flexibility index (Phi) is 6.28. The van der Waals surface area contributed by atoms with Gasteiger partial charge >= 0.3 is 0 Å². The maximum Gasteiger partial charge on any atom is 0.261 e. The Bertz CT molecular complexity index is 737. The molecule has 1 fully saturated rings. The first-order valence-electron chi connectivity index (χ1n) is 9.11. The standard InChI is InChI=1S/C20H25N3O2S/c1-2-16-9-15-26-19(16)20(25)21-10-8-18(24)23-13-11-22(12-14-23)17-6-4-3-5-7-17/h3-7,9,15H,2,8,10-14H2,1H3,(H,21,25). The van der Waals surface area contributed by atoms with E-state index in [-0.39, 0.29) is 11.8 Å². The monoisotopic (exact) mass is 371 g/mol. The van der Waals surface area contributed by atoms with Crippen molar-refractivity contribution in [1.29, 1.82) is 0 Å². The molecule has 5 nitrogen and oxygen atoms in total. The van der Waals surface area contributed by atoms with Crippen molar-refractivity contribution in [1.82, 2.24) is 10.2 Å². The molecule has 2 aromatic rings. The van der Waals surface area contributed by atoms with Gasteiger partial charge in [0, 0.05) is 44.8 Å². The number of nitrogens with zero attached hydrogens (tertiary/aromatic N) is 2. The predicted octanol–water partition coefficient (Wildman–Crippen LogP) is 2.78. The molecule has 1 aromatic carbocycles. The Labute approximate surface area is 158 Å². The summed E-state index contributed by atoms with van der Waals surface area (Å²) >= 11 is 1.45. The molecule has 3 rings (SSSR count). The molecule has 26 heavy (non-hydrogen) atoms. The SMILES string of the molecule is CCc1ccsc1C(=O)NCCC(=O)N1CCN(c2ccccc2)CC1. The third kappa shape index (κ3) is 4.43. The summed E-state index contributed by atoms with van der Waals surface area (Å²) in [5.74, 6) is 0.0402. The van der Waals surface area contributed by atoms with Crippen LogP contribution in [0.2, 0.25) is 0 Å². The van der Waals surface area contributed by atoms with Crippen molar-refractivity contribution in [3.8, 4) is 0 Å². The van der Waals surface area contributed by atoms with E-state index in [0.717, 1.165) is 43.0 Å². The predicted molar refractivity (Wildman–Crippen MR) is 106 cm³/mol. The number of carbonyl (C=O) groups excluding carboxylic acids is 2. The summed E-state index contributed by atoms with van der Waals surface area (Å²) in [5, 5.41) is 4.81. The van der Waals surface area contributed by atoms with Crippen molar-refractivity contribution >= 4 is 28.8 Å². The Balaban J connectivity index is 1.41. The van der Waals surface area contributed by atoms with Crippen molar-refractivity contribution in [2.45, 2.75) is 19.8 Å². The molecule has 0 radical (unpaired) electrons. The molecule has 1 aromatic heterocycles. The lowest BCUT2D eigenvalue weighted by Gasteiger charge is -2.36. The maximum atomic E-state index is 12.4. The van der Waals surface area contributed by atoms with Gasteiger partial charge in [-0.2, -0.15) is 0 Å². The number of anilines is 1. The summed E-state index contributed by atoms with van der Waals surface area (Å²) in [5.41, 5.74) is 2.27. The minimum absolute atomic E-state index is 0.0708. The highest BCUT2D eigenvalue weighted by atomic mass is 32.1. The fraction of sp³-hybridized carbons (Fsp3) is 0.400. The van der Waals surface area contributed by atoms with Crippen LogP contribution in [0.4, 0.5) is 5.69 Å². The van der Waals surface area contributed by atoms with E-state index in [1.807, 2.05) is 41.5 Å². The number of rotatable bonds is 6. The molecule has 138 valence electrons. The zero-order valence-corrected chi connectivity index (χ0v) is 15.9. The third-order valence-corrected chi connectivity index (χ3v) is 5.67. The number of thiophene rings is 1. The Morgan fingerprint density at radius 2 is 1.81 bits per heavy atom. The molecular formula is C20H25N3O2S.